The monoisotopic (exact) mass is 321 g/mol. The molecule has 21 heavy (non-hydrogen) atoms. The second-order valence-corrected chi connectivity index (χ2v) is 6.01. The van der Waals surface area contributed by atoms with Gasteiger partial charge in [0, 0.05) is 18.1 Å². The normalized spacial score (nSPS) is 11.2. The minimum absolute atomic E-state index is 0.0531. The van der Waals surface area contributed by atoms with Gasteiger partial charge in [0.25, 0.3) is 5.56 Å². The SMILES string of the molecule is Cc1nsc2ccc(-n3c(=O)c(Cl)c(C)n(C)c3=O)cc12. The van der Waals surface area contributed by atoms with Gasteiger partial charge >= 0.3 is 5.69 Å². The number of fused-ring (bicyclic) bond motifs is 1. The first-order valence-electron chi connectivity index (χ1n) is 6.26. The lowest BCUT2D eigenvalue weighted by molar-refractivity contribution is 0.714. The molecule has 1 aromatic carbocycles. The van der Waals surface area contributed by atoms with Crippen LogP contribution in [0, 0.1) is 13.8 Å². The fourth-order valence-corrected chi connectivity index (χ4v) is 3.17. The van der Waals surface area contributed by atoms with Gasteiger partial charge in [0.2, 0.25) is 0 Å². The number of nitrogens with zero attached hydrogens (tertiary/aromatic N) is 3. The summed E-state index contributed by atoms with van der Waals surface area (Å²) in [4.78, 5) is 24.7. The zero-order valence-corrected chi connectivity index (χ0v) is 13.2. The summed E-state index contributed by atoms with van der Waals surface area (Å²) in [7, 11) is 1.59. The summed E-state index contributed by atoms with van der Waals surface area (Å²) in [5, 5.41) is 0.987. The Morgan fingerprint density at radius 1 is 1.24 bits per heavy atom. The third-order valence-corrected chi connectivity index (χ3v) is 4.93. The van der Waals surface area contributed by atoms with E-state index in [0.717, 1.165) is 20.3 Å². The standard InChI is InChI=1S/C14H12ClN3O2S/c1-7-10-6-9(4-5-11(10)21-16-7)18-13(19)12(15)8(2)17(3)14(18)20/h4-6H,1-3H3. The van der Waals surface area contributed by atoms with E-state index in [1.165, 1.54) is 16.1 Å². The van der Waals surface area contributed by atoms with E-state index in [0.29, 0.717) is 11.4 Å². The number of hydrogen-bond acceptors (Lipinski definition) is 4. The van der Waals surface area contributed by atoms with E-state index in [2.05, 4.69) is 4.37 Å². The molecular formula is C14H12ClN3O2S. The Labute approximate surface area is 129 Å². The minimum Gasteiger partial charge on any atom is -0.299 e. The molecule has 0 saturated carbocycles. The number of aromatic nitrogens is 3. The summed E-state index contributed by atoms with van der Waals surface area (Å²) in [6.07, 6.45) is 0. The van der Waals surface area contributed by atoms with Crippen molar-refractivity contribution in [3.8, 4) is 5.69 Å². The molecule has 0 aliphatic rings. The summed E-state index contributed by atoms with van der Waals surface area (Å²) in [6.45, 7) is 3.54. The van der Waals surface area contributed by atoms with Crippen LogP contribution in [0.5, 0.6) is 0 Å². The smallest absolute Gasteiger partial charge is 0.299 e. The molecule has 2 aromatic heterocycles. The molecule has 0 radical (unpaired) electrons. The quantitative estimate of drug-likeness (QED) is 0.691. The third kappa shape index (κ3) is 2.02. The second-order valence-electron chi connectivity index (χ2n) is 4.83. The molecule has 0 aliphatic carbocycles. The number of hydrogen-bond donors (Lipinski definition) is 0. The first-order valence-corrected chi connectivity index (χ1v) is 7.41. The Morgan fingerprint density at radius 3 is 2.67 bits per heavy atom. The molecule has 2 heterocycles. The van der Waals surface area contributed by atoms with Crippen molar-refractivity contribution < 1.29 is 0 Å². The number of rotatable bonds is 1. The number of benzene rings is 1. The predicted octanol–water partition coefficient (Wildman–Crippen LogP) is 2.42. The summed E-state index contributed by atoms with van der Waals surface area (Å²) in [5.41, 5.74) is 0.912. The summed E-state index contributed by atoms with van der Waals surface area (Å²) < 4.78 is 7.74. The molecule has 0 spiro atoms. The van der Waals surface area contributed by atoms with Crippen molar-refractivity contribution in [3.63, 3.8) is 0 Å². The average molecular weight is 322 g/mol. The van der Waals surface area contributed by atoms with Crippen LogP contribution in [0.15, 0.2) is 27.8 Å². The average Bonchev–Trinajstić information content (AvgIpc) is 2.85. The number of halogens is 1. The molecule has 0 atom stereocenters. The molecule has 0 aliphatic heterocycles. The van der Waals surface area contributed by atoms with Crippen molar-refractivity contribution >= 4 is 33.2 Å². The van der Waals surface area contributed by atoms with E-state index in [9.17, 15) is 9.59 Å². The van der Waals surface area contributed by atoms with Gasteiger partial charge in [0.1, 0.15) is 5.02 Å². The van der Waals surface area contributed by atoms with Crippen LogP contribution in [-0.4, -0.2) is 13.5 Å². The lowest BCUT2D eigenvalue weighted by atomic mass is 10.2. The largest absolute Gasteiger partial charge is 0.335 e. The summed E-state index contributed by atoms with van der Waals surface area (Å²) in [6, 6.07) is 5.38. The van der Waals surface area contributed by atoms with Gasteiger partial charge < -0.3 is 0 Å². The van der Waals surface area contributed by atoms with Gasteiger partial charge in [0.15, 0.2) is 0 Å². The Bertz CT molecular complexity index is 947. The molecule has 0 amide bonds. The van der Waals surface area contributed by atoms with Gasteiger partial charge in [-0.3, -0.25) is 9.36 Å². The van der Waals surface area contributed by atoms with Crippen LogP contribution < -0.4 is 11.2 Å². The first-order chi connectivity index (χ1) is 9.91. The maximum Gasteiger partial charge on any atom is 0.335 e. The second kappa shape index (κ2) is 4.82. The van der Waals surface area contributed by atoms with Crippen LogP contribution in [0.4, 0.5) is 0 Å². The van der Waals surface area contributed by atoms with E-state index in [-0.39, 0.29) is 5.02 Å². The van der Waals surface area contributed by atoms with Gasteiger partial charge in [-0.25, -0.2) is 9.36 Å². The van der Waals surface area contributed by atoms with Crippen LogP contribution in [0.1, 0.15) is 11.4 Å². The maximum absolute atomic E-state index is 12.4. The van der Waals surface area contributed by atoms with Gasteiger partial charge in [-0.15, -0.1) is 0 Å². The Balaban J connectivity index is 2.40. The Hall–Kier alpha value is -1.92. The van der Waals surface area contributed by atoms with Crippen LogP contribution in [0.2, 0.25) is 5.02 Å². The third-order valence-electron chi connectivity index (χ3n) is 3.58. The molecule has 108 valence electrons. The predicted molar refractivity (Wildman–Crippen MR) is 84.9 cm³/mol. The Kier molecular flexibility index (Phi) is 3.22. The molecule has 7 heteroatoms. The highest BCUT2D eigenvalue weighted by atomic mass is 35.5. The lowest BCUT2D eigenvalue weighted by Crippen LogP contribution is -2.39. The van der Waals surface area contributed by atoms with Gasteiger partial charge in [-0.1, -0.05) is 11.6 Å². The molecule has 3 aromatic rings. The van der Waals surface area contributed by atoms with Crippen molar-refractivity contribution in [2.75, 3.05) is 0 Å². The highest BCUT2D eigenvalue weighted by Crippen LogP contribution is 2.24. The van der Waals surface area contributed by atoms with Crippen LogP contribution >= 0.6 is 23.1 Å². The molecule has 3 rings (SSSR count). The van der Waals surface area contributed by atoms with Crippen molar-refractivity contribution in [2.45, 2.75) is 13.8 Å². The van der Waals surface area contributed by atoms with Crippen molar-refractivity contribution in [1.82, 2.24) is 13.5 Å². The van der Waals surface area contributed by atoms with Gasteiger partial charge in [-0.05, 0) is 43.6 Å². The molecule has 5 nitrogen and oxygen atoms in total. The van der Waals surface area contributed by atoms with Crippen LogP contribution in [0.3, 0.4) is 0 Å². The molecule has 0 bridgehead atoms. The van der Waals surface area contributed by atoms with Crippen molar-refractivity contribution in [2.24, 2.45) is 7.05 Å². The van der Waals surface area contributed by atoms with Gasteiger partial charge in [0.05, 0.1) is 16.1 Å². The van der Waals surface area contributed by atoms with Crippen molar-refractivity contribution in [1.29, 1.82) is 0 Å². The van der Waals surface area contributed by atoms with E-state index >= 15 is 0 Å². The van der Waals surface area contributed by atoms with E-state index < -0.39 is 11.2 Å². The fourth-order valence-electron chi connectivity index (χ4n) is 2.19. The summed E-state index contributed by atoms with van der Waals surface area (Å²) >= 11 is 7.42. The van der Waals surface area contributed by atoms with E-state index in [1.54, 1.807) is 26.1 Å². The zero-order valence-electron chi connectivity index (χ0n) is 11.7. The fraction of sp³-hybridized carbons (Fsp3) is 0.214. The van der Waals surface area contributed by atoms with E-state index in [1.807, 2.05) is 13.0 Å². The van der Waals surface area contributed by atoms with Gasteiger partial charge in [-0.2, -0.15) is 4.37 Å². The van der Waals surface area contributed by atoms with E-state index in [4.69, 9.17) is 11.6 Å². The molecule has 0 saturated heterocycles. The van der Waals surface area contributed by atoms with Crippen molar-refractivity contribution in [3.05, 3.63) is 55.4 Å². The highest BCUT2D eigenvalue weighted by Gasteiger charge is 2.15. The first kappa shape index (κ1) is 14.0. The maximum atomic E-state index is 12.4. The Morgan fingerprint density at radius 2 is 1.95 bits per heavy atom. The summed E-state index contributed by atoms with van der Waals surface area (Å²) in [5.74, 6) is 0. The highest BCUT2D eigenvalue weighted by molar-refractivity contribution is 7.13. The van der Waals surface area contributed by atoms with Crippen LogP contribution in [0.25, 0.3) is 15.8 Å². The zero-order chi connectivity index (χ0) is 15.3. The topological polar surface area (TPSA) is 56.9 Å². The lowest BCUT2D eigenvalue weighted by Gasteiger charge is -2.11. The van der Waals surface area contributed by atoms with Crippen LogP contribution in [-0.2, 0) is 7.05 Å². The minimum atomic E-state index is -0.502. The molecular weight excluding hydrogens is 310 g/mol. The molecule has 0 N–H and O–H groups in total. The molecule has 0 unspecified atom stereocenters. The molecule has 0 fully saturated rings. The number of aryl methyl sites for hydroxylation is 1.